The smallest absolute Gasteiger partial charge is 0.338 e. The Morgan fingerprint density at radius 3 is 2.26 bits per heavy atom. The van der Waals surface area contributed by atoms with Crippen molar-refractivity contribution in [2.24, 2.45) is 0 Å². The molecule has 2 aromatic heterocycles. The Morgan fingerprint density at radius 2 is 1.67 bits per heavy atom. The van der Waals surface area contributed by atoms with Crippen molar-refractivity contribution in [3.63, 3.8) is 0 Å². The molecule has 3 atom stereocenters. The quantitative estimate of drug-likeness (QED) is 0.126. The second-order valence-electron chi connectivity index (χ2n) is 11.6. The first-order valence-electron chi connectivity index (χ1n) is 13.7. The van der Waals surface area contributed by atoms with Crippen molar-refractivity contribution in [3.8, 4) is 12.3 Å². The SMILES string of the molecule is C#CC1(COC(=O)c2ccc(C)cc2)OC(n2cnc3c(N[Si](C)(C)C)nc(F)nc32)CC1OC(=O)c1ccc(C)cc1. The number of imidazole rings is 1. The number of fused-ring (bicyclic) bond motifs is 1. The summed E-state index contributed by atoms with van der Waals surface area (Å²) in [7, 11) is -1.93. The van der Waals surface area contributed by atoms with Crippen LogP contribution in [0.2, 0.25) is 19.6 Å². The molecule has 2 aromatic carbocycles. The summed E-state index contributed by atoms with van der Waals surface area (Å²) in [5.41, 5.74) is 1.48. The summed E-state index contributed by atoms with van der Waals surface area (Å²) in [6, 6.07) is 13.7. The van der Waals surface area contributed by atoms with Crippen LogP contribution in [0.3, 0.4) is 0 Å². The van der Waals surface area contributed by atoms with Gasteiger partial charge < -0.3 is 19.2 Å². The zero-order valence-electron chi connectivity index (χ0n) is 24.6. The van der Waals surface area contributed by atoms with Crippen LogP contribution in [0.4, 0.5) is 10.2 Å². The fourth-order valence-electron chi connectivity index (χ4n) is 4.73. The van der Waals surface area contributed by atoms with E-state index >= 15 is 0 Å². The van der Waals surface area contributed by atoms with E-state index in [1.54, 1.807) is 48.5 Å². The molecule has 3 unspecified atom stereocenters. The van der Waals surface area contributed by atoms with Crippen LogP contribution >= 0.6 is 0 Å². The van der Waals surface area contributed by atoms with E-state index in [0.717, 1.165) is 11.1 Å². The van der Waals surface area contributed by atoms with Crippen molar-refractivity contribution in [2.45, 2.75) is 57.8 Å². The average molecular weight is 602 g/mol. The van der Waals surface area contributed by atoms with Gasteiger partial charge in [0.1, 0.15) is 26.6 Å². The number of hydrogen-bond acceptors (Lipinski definition) is 9. The number of terminal acetylenes is 1. The van der Waals surface area contributed by atoms with E-state index in [1.807, 2.05) is 33.5 Å². The monoisotopic (exact) mass is 601 g/mol. The molecule has 1 N–H and O–H groups in total. The van der Waals surface area contributed by atoms with Gasteiger partial charge in [-0.05, 0) is 38.1 Å². The number of rotatable bonds is 8. The molecule has 0 bridgehead atoms. The summed E-state index contributed by atoms with van der Waals surface area (Å²) in [5, 5.41) is 0. The fraction of sp³-hybridized carbons (Fsp3) is 0.323. The predicted octanol–water partition coefficient (Wildman–Crippen LogP) is 5.20. The minimum atomic E-state index is -1.93. The van der Waals surface area contributed by atoms with Gasteiger partial charge in [0.05, 0.1) is 17.5 Å². The number of anilines is 1. The number of carbonyl (C=O) groups is 2. The van der Waals surface area contributed by atoms with E-state index in [0.29, 0.717) is 16.6 Å². The number of hydrogen-bond donors (Lipinski definition) is 1. The van der Waals surface area contributed by atoms with Crippen molar-refractivity contribution >= 4 is 37.2 Å². The fourth-order valence-corrected chi connectivity index (χ4v) is 5.61. The molecule has 1 fully saturated rings. The number of ether oxygens (including phenoxy) is 3. The molecular formula is C31H32FN5O5Si. The number of benzene rings is 2. The van der Waals surface area contributed by atoms with Gasteiger partial charge in [-0.1, -0.05) is 61.0 Å². The molecule has 1 aliphatic heterocycles. The van der Waals surface area contributed by atoms with Crippen molar-refractivity contribution in [3.05, 3.63) is 83.2 Å². The number of aromatic nitrogens is 4. The van der Waals surface area contributed by atoms with Crippen LogP contribution in [0.15, 0.2) is 54.9 Å². The second kappa shape index (κ2) is 11.6. The van der Waals surface area contributed by atoms with Crippen LogP contribution in [-0.2, 0) is 14.2 Å². The topological polar surface area (TPSA) is 117 Å². The molecule has 0 spiro atoms. The van der Waals surface area contributed by atoms with E-state index in [2.05, 4.69) is 25.9 Å². The molecule has 0 amide bonds. The normalized spacial score (nSPS) is 20.0. The predicted molar refractivity (Wildman–Crippen MR) is 160 cm³/mol. The molecule has 0 saturated carbocycles. The van der Waals surface area contributed by atoms with Gasteiger partial charge in [-0.3, -0.25) is 4.57 Å². The van der Waals surface area contributed by atoms with E-state index in [-0.39, 0.29) is 17.9 Å². The van der Waals surface area contributed by atoms with Crippen molar-refractivity contribution < 1.29 is 28.2 Å². The number of esters is 2. The lowest BCUT2D eigenvalue weighted by molar-refractivity contribution is -0.0967. The van der Waals surface area contributed by atoms with Gasteiger partial charge in [0, 0.05) is 6.42 Å². The molecule has 222 valence electrons. The molecule has 43 heavy (non-hydrogen) atoms. The highest BCUT2D eigenvalue weighted by Gasteiger charge is 2.52. The lowest BCUT2D eigenvalue weighted by atomic mass is 9.98. The van der Waals surface area contributed by atoms with Crippen LogP contribution in [0.1, 0.15) is 44.5 Å². The Balaban J connectivity index is 1.48. The number of halogens is 1. The standard InChI is InChI=1S/C31H32FN5O5Si/c1-7-31(17-40-28(38)21-12-8-19(2)9-13-21)23(41-29(39)22-14-10-20(3)11-15-22)16-24(42-31)37-18-33-25-26(36-43(4,5)6)34-30(32)35-27(25)37/h1,8-15,18,23-24H,16-17H2,2-6H3,(H,34,35,36). The Hall–Kier alpha value is -4.60. The molecule has 1 saturated heterocycles. The molecule has 0 aliphatic carbocycles. The highest BCUT2D eigenvalue weighted by atomic mass is 28.3. The molecule has 3 heterocycles. The number of nitrogens with one attached hydrogen (secondary N) is 1. The first-order chi connectivity index (χ1) is 20.4. The summed E-state index contributed by atoms with van der Waals surface area (Å²) < 4.78 is 34.0. The third kappa shape index (κ3) is 6.43. The molecule has 12 heteroatoms. The van der Waals surface area contributed by atoms with Crippen molar-refractivity contribution in [1.29, 1.82) is 0 Å². The van der Waals surface area contributed by atoms with Crippen LogP contribution in [-0.4, -0.2) is 58.0 Å². The third-order valence-electron chi connectivity index (χ3n) is 6.97. The lowest BCUT2D eigenvalue weighted by Gasteiger charge is -2.28. The first-order valence-corrected chi connectivity index (χ1v) is 17.2. The lowest BCUT2D eigenvalue weighted by Crippen LogP contribution is -2.45. The molecular weight excluding hydrogens is 569 g/mol. The first kappa shape index (κ1) is 29.9. The van der Waals surface area contributed by atoms with Gasteiger partial charge in [0.2, 0.25) is 5.60 Å². The minimum absolute atomic E-state index is 0.0533. The van der Waals surface area contributed by atoms with Gasteiger partial charge >= 0.3 is 18.0 Å². The molecule has 1 aliphatic rings. The summed E-state index contributed by atoms with van der Waals surface area (Å²) in [6.45, 7) is 9.54. The molecule has 10 nitrogen and oxygen atoms in total. The zero-order chi connectivity index (χ0) is 30.9. The van der Waals surface area contributed by atoms with Gasteiger partial charge in [-0.2, -0.15) is 14.4 Å². The highest BCUT2D eigenvalue weighted by molar-refractivity contribution is 6.79. The molecule has 4 aromatic rings. The van der Waals surface area contributed by atoms with Gasteiger partial charge in [-0.15, -0.1) is 6.42 Å². The Bertz CT molecular complexity index is 1710. The minimum Gasteiger partial charge on any atom is -0.458 e. The molecule has 0 radical (unpaired) electrons. The van der Waals surface area contributed by atoms with Gasteiger partial charge in [0.15, 0.2) is 17.6 Å². The van der Waals surface area contributed by atoms with Crippen LogP contribution < -0.4 is 4.98 Å². The summed E-state index contributed by atoms with van der Waals surface area (Å²) in [5.74, 6) is 1.62. The number of carbonyl (C=O) groups excluding carboxylic acids is 2. The Morgan fingerprint density at radius 1 is 1.07 bits per heavy atom. The van der Waals surface area contributed by atoms with Crippen LogP contribution in [0.25, 0.3) is 11.2 Å². The highest BCUT2D eigenvalue weighted by Crippen LogP contribution is 2.41. The summed E-state index contributed by atoms with van der Waals surface area (Å²) in [4.78, 5) is 41.7. The number of nitrogens with zero attached hydrogens (tertiary/aromatic N) is 4. The van der Waals surface area contributed by atoms with Crippen LogP contribution in [0.5, 0.6) is 0 Å². The third-order valence-corrected chi connectivity index (χ3v) is 7.95. The maximum atomic E-state index is 14.6. The maximum absolute atomic E-state index is 14.6. The molecule has 5 rings (SSSR count). The van der Waals surface area contributed by atoms with Gasteiger partial charge in [0.25, 0.3) is 0 Å². The van der Waals surface area contributed by atoms with Crippen LogP contribution in [0, 0.1) is 32.3 Å². The van der Waals surface area contributed by atoms with Crippen molar-refractivity contribution in [2.75, 3.05) is 11.6 Å². The largest absolute Gasteiger partial charge is 0.458 e. The van der Waals surface area contributed by atoms with E-state index in [1.165, 1.54) is 10.9 Å². The average Bonchev–Trinajstić information content (AvgIpc) is 3.53. The maximum Gasteiger partial charge on any atom is 0.338 e. The van der Waals surface area contributed by atoms with E-state index < -0.39 is 50.8 Å². The summed E-state index contributed by atoms with van der Waals surface area (Å²) >= 11 is 0. The van der Waals surface area contributed by atoms with E-state index in [4.69, 9.17) is 20.6 Å². The second-order valence-corrected chi connectivity index (χ2v) is 16.3. The van der Waals surface area contributed by atoms with Gasteiger partial charge in [-0.25, -0.2) is 14.6 Å². The Kier molecular flexibility index (Phi) is 8.05. The van der Waals surface area contributed by atoms with Crippen molar-refractivity contribution in [1.82, 2.24) is 19.5 Å². The zero-order valence-corrected chi connectivity index (χ0v) is 25.6. The Labute approximate surface area is 249 Å². The summed E-state index contributed by atoms with van der Waals surface area (Å²) in [6.07, 6.45) is 4.65. The van der Waals surface area contributed by atoms with E-state index in [9.17, 15) is 14.0 Å². The number of aryl methyl sites for hydroxylation is 2.